The second kappa shape index (κ2) is 7.29. The van der Waals surface area contributed by atoms with Crippen LogP contribution in [-0.4, -0.2) is 19.6 Å². The molecule has 0 saturated carbocycles. The Bertz CT molecular complexity index is 886. The molecule has 5 nitrogen and oxygen atoms in total. The summed E-state index contributed by atoms with van der Waals surface area (Å²) < 4.78 is 5.21. The molecule has 1 aliphatic rings. The van der Waals surface area contributed by atoms with E-state index in [4.69, 9.17) is 16.3 Å². The van der Waals surface area contributed by atoms with E-state index < -0.39 is 5.91 Å². The third-order valence-corrected chi connectivity index (χ3v) is 4.22. The molecule has 0 saturated heterocycles. The van der Waals surface area contributed by atoms with Crippen molar-refractivity contribution < 1.29 is 9.53 Å². The standard InChI is InChI=1S/C19H16ClN3O2/c1-25-18-7-6-15(20)10-16(18)22-19(24)14(11-21)12-23-9-8-13-4-2-3-5-17(13)23/h2-7,10,12H,8-9H2,1H3,(H,22,24)/b14-12-. The van der Waals surface area contributed by atoms with Crippen LogP contribution < -0.4 is 15.0 Å². The molecule has 6 heteroatoms. The van der Waals surface area contributed by atoms with Gasteiger partial charge in [-0.1, -0.05) is 29.8 Å². The number of fused-ring (bicyclic) bond motifs is 1. The van der Waals surface area contributed by atoms with Crippen molar-refractivity contribution in [3.8, 4) is 11.8 Å². The Morgan fingerprint density at radius 2 is 2.16 bits per heavy atom. The first kappa shape index (κ1) is 16.9. The molecule has 0 spiro atoms. The number of ether oxygens (including phenoxy) is 1. The van der Waals surface area contributed by atoms with Crippen molar-refractivity contribution in [2.24, 2.45) is 0 Å². The van der Waals surface area contributed by atoms with Crippen LogP contribution >= 0.6 is 11.6 Å². The molecule has 1 N–H and O–H groups in total. The Hall–Kier alpha value is -2.97. The zero-order chi connectivity index (χ0) is 17.8. The number of nitrogens with one attached hydrogen (secondary N) is 1. The highest BCUT2D eigenvalue weighted by atomic mass is 35.5. The van der Waals surface area contributed by atoms with Gasteiger partial charge in [0, 0.05) is 23.5 Å². The summed E-state index contributed by atoms with van der Waals surface area (Å²) in [6, 6.07) is 14.8. The first-order valence-corrected chi connectivity index (χ1v) is 8.11. The smallest absolute Gasteiger partial charge is 0.267 e. The van der Waals surface area contributed by atoms with Crippen LogP contribution in [0.1, 0.15) is 5.56 Å². The molecule has 0 fully saturated rings. The number of amides is 1. The van der Waals surface area contributed by atoms with Gasteiger partial charge in [-0.15, -0.1) is 0 Å². The molecule has 0 aromatic heterocycles. The minimum Gasteiger partial charge on any atom is -0.495 e. The fourth-order valence-electron chi connectivity index (χ4n) is 2.76. The van der Waals surface area contributed by atoms with Crippen LogP contribution in [0.3, 0.4) is 0 Å². The average Bonchev–Trinajstić information content (AvgIpc) is 3.03. The van der Waals surface area contributed by atoms with Crippen LogP contribution in [0.4, 0.5) is 11.4 Å². The zero-order valence-corrected chi connectivity index (χ0v) is 14.4. The van der Waals surface area contributed by atoms with Crippen molar-refractivity contribution in [2.75, 3.05) is 23.9 Å². The van der Waals surface area contributed by atoms with Crippen molar-refractivity contribution in [2.45, 2.75) is 6.42 Å². The van der Waals surface area contributed by atoms with Crippen LogP contribution in [0, 0.1) is 11.3 Å². The van der Waals surface area contributed by atoms with Crippen LogP contribution in [-0.2, 0) is 11.2 Å². The van der Waals surface area contributed by atoms with E-state index in [-0.39, 0.29) is 5.57 Å². The SMILES string of the molecule is COc1ccc(Cl)cc1NC(=O)/C(C#N)=C\N1CCc2ccccc21. The zero-order valence-electron chi connectivity index (χ0n) is 13.6. The quantitative estimate of drug-likeness (QED) is 0.671. The lowest BCUT2D eigenvalue weighted by atomic mass is 10.2. The summed E-state index contributed by atoms with van der Waals surface area (Å²) in [5.41, 5.74) is 2.65. The molecule has 25 heavy (non-hydrogen) atoms. The van der Waals surface area contributed by atoms with Gasteiger partial charge in [-0.3, -0.25) is 4.79 Å². The van der Waals surface area contributed by atoms with Gasteiger partial charge < -0.3 is 15.0 Å². The molecule has 3 rings (SSSR count). The number of hydrogen-bond acceptors (Lipinski definition) is 4. The third kappa shape index (κ3) is 3.59. The molecule has 0 radical (unpaired) electrons. The Morgan fingerprint density at radius 3 is 2.92 bits per heavy atom. The maximum atomic E-state index is 12.5. The molecule has 2 aromatic carbocycles. The largest absolute Gasteiger partial charge is 0.495 e. The number of halogens is 1. The molecular formula is C19H16ClN3O2. The molecule has 0 bridgehead atoms. The maximum Gasteiger partial charge on any atom is 0.267 e. The monoisotopic (exact) mass is 353 g/mol. The molecule has 0 atom stereocenters. The van der Waals surface area contributed by atoms with Gasteiger partial charge in [-0.05, 0) is 36.2 Å². The highest BCUT2D eigenvalue weighted by molar-refractivity contribution is 6.31. The van der Waals surface area contributed by atoms with Crippen LogP contribution in [0.25, 0.3) is 0 Å². The van der Waals surface area contributed by atoms with Crippen molar-refractivity contribution in [3.05, 3.63) is 64.8 Å². The Kier molecular flexibility index (Phi) is 4.92. The van der Waals surface area contributed by atoms with Gasteiger partial charge in [-0.25, -0.2) is 0 Å². The predicted molar refractivity (Wildman–Crippen MR) is 97.8 cm³/mol. The highest BCUT2D eigenvalue weighted by Gasteiger charge is 2.20. The summed E-state index contributed by atoms with van der Waals surface area (Å²) in [5, 5.41) is 12.6. The van der Waals surface area contributed by atoms with E-state index in [1.54, 1.807) is 24.4 Å². The number of hydrogen-bond donors (Lipinski definition) is 1. The summed E-state index contributed by atoms with van der Waals surface area (Å²) in [6.07, 6.45) is 2.47. The minimum absolute atomic E-state index is 0.0127. The number of para-hydroxylation sites is 1. The Labute approximate surface area is 151 Å². The van der Waals surface area contributed by atoms with E-state index in [0.717, 1.165) is 18.7 Å². The molecule has 0 aliphatic carbocycles. The van der Waals surface area contributed by atoms with E-state index in [9.17, 15) is 10.1 Å². The normalized spacial score (nSPS) is 13.2. The number of carbonyl (C=O) groups excluding carboxylic acids is 1. The van der Waals surface area contributed by atoms with Gasteiger partial charge in [0.1, 0.15) is 17.4 Å². The number of methoxy groups -OCH3 is 1. The number of rotatable bonds is 4. The number of nitriles is 1. The molecule has 1 heterocycles. The third-order valence-electron chi connectivity index (χ3n) is 3.98. The summed E-state index contributed by atoms with van der Waals surface area (Å²) in [7, 11) is 1.50. The molecular weight excluding hydrogens is 338 g/mol. The van der Waals surface area contributed by atoms with E-state index >= 15 is 0 Å². The second-order valence-electron chi connectivity index (χ2n) is 5.53. The number of nitrogens with zero attached hydrogens (tertiary/aromatic N) is 2. The highest BCUT2D eigenvalue weighted by Crippen LogP contribution is 2.30. The lowest BCUT2D eigenvalue weighted by molar-refractivity contribution is -0.112. The summed E-state index contributed by atoms with van der Waals surface area (Å²) in [6.45, 7) is 0.734. The molecule has 0 unspecified atom stereocenters. The Morgan fingerprint density at radius 1 is 1.36 bits per heavy atom. The van der Waals surface area contributed by atoms with Gasteiger partial charge in [0.25, 0.3) is 5.91 Å². The van der Waals surface area contributed by atoms with Gasteiger partial charge in [0.15, 0.2) is 0 Å². The minimum atomic E-state index is -0.507. The number of benzene rings is 2. The van der Waals surface area contributed by atoms with E-state index in [1.807, 2.05) is 35.2 Å². The number of carbonyl (C=O) groups is 1. The van der Waals surface area contributed by atoms with Crippen molar-refractivity contribution in [1.29, 1.82) is 5.26 Å². The van der Waals surface area contributed by atoms with Gasteiger partial charge in [-0.2, -0.15) is 5.26 Å². The fourth-order valence-corrected chi connectivity index (χ4v) is 2.93. The van der Waals surface area contributed by atoms with Crippen molar-refractivity contribution >= 4 is 28.9 Å². The predicted octanol–water partition coefficient (Wildman–Crippen LogP) is 3.76. The van der Waals surface area contributed by atoms with Gasteiger partial charge in [0.2, 0.25) is 0 Å². The molecule has 1 amide bonds. The summed E-state index contributed by atoms with van der Waals surface area (Å²) in [5.74, 6) is -0.0333. The van der Waals surface area contributed by atoms with Gasteiger partial charge >= 0.3 is 0 Å². The molecule has 126 valence electrons. The second-order valence-corrected chi connectivity index (χ2v) is 5.96. The first-order valence-electron chi connectivity index (χ1n) is 7.73. The van der Waals surface area contributed by atoms with E-state index in [0.29, 0.717) is 16.5 Å². The van der Waals surface area contributed by atoms with Crippen LogP contribution in [0.2, 0.25) is 5.02 Å². The van der Waals surface area contributed by atoms with Crippen LogP contribution in [0.5, 0.6) is 5.75 Å². The van der Waals surface area contributed by atoms with E-state index in [1.165, 1.54) is 12.7 Å². The number of anilines is 2. The average molecular weight is 354 g/mol. The lowest BCUT2D eigenvalue weighted by Gasteiger charge is -2.15. The van der Waals surface area contributed by atoms with E-state index in [2.05, 4.69) is 5.32 Å². The molecule has 1 aliphatic heterocycles. The maximum absolute atomic E-state index is 12.5. The fraction of sp³-hybridized carbons (Fsp3) is 0.158. The van der Waals surface area contributed by atoms with Crippen molar-refractivity contribution in [3.63, 3.8) is 0 Å². The van der Waals surface area contributed by atoms with Crippen LogP contribution in [0.15, 0.2) is 54.2 Å². The lowest BCUT2D eigenvalue weighted by Crippen LogP contribution is -2.19. The Balaban J connectivity index is 1.84. The molecule has 2 aromatic rings. The van der Waals surface area contributed by atoms with Gasteiger partial charge in [0.05, 0.1) is 12.8 Å². The summed E-state index contributed by atoms with van der Waals surface area (Å²) >= 11 is 5.97. The topological polar surface area (TPSA) is 65.4 Å². The first-order chi connectivity index (χ1) is 12.1. The summed E-state index contributed by atoms with van der Waals surface area (Å²) in [4.78, 5) is 14.4. The van der Waals surface area contributed by atoms with Crippen molar-refractivity contribution in [1.82, 2.24) is 0 Å².